The molecule has 0 saturated heterocycles. The van der Waals surface area contributed by atoms with E-state index in [0.29, 0.717) is 6.61 Å². The number of hydrogen-bond donors (Lipinski definition) is 0. The van der Waals surface area contributed by atoms with Gasteiger partial charge in [0, 0.05) is 0 Å². The molecule has 86 valence electrons. The molecule has 3 heteroatoms. The first-order chi connectivity index (χ1) is 7.74. The average Bonchev–Trinajstić information content (AvgIpc) is 2.34. The van der Waals surface area contributed by atoms with Crippen LogP contribution in [0.4, 0.5) is 0 Å². The Morgan fingerprint density at radius 3 is 2.75 bits per heavy atom. The van der Waals surface area contributed by atoms with Crippen LogP contribution >= 0.6 is 0 Å². The number of benzene rings is 1. The van der Waals surface area contributed by atoms with Crippen LogP contribution in [-0.4, -0.2) is 18.7 Å². The second kappa shape index (κ2) is 6.80. The van der Waals surface area contributed by atoms with E-state index in [0.717, 1.165) is 5.56 Å². The van der Waals surface area contributed by atoms with Gasteiger partial charge in [0.15, 0.2) is 6.10 Å². The minimum Gasteiger partial charge on any atom is -0.459 e. The van der Waals surface area contributed by atoms with Crippen LogP contribution in [0.5, 0.6) is 0 Å². The quantitative estimate of drug-likeness (QED) is 0.545. The maximum absolute atomic E-state index is 11.4. The van der Waals surface area contributed by atoms with Gasteiger partial charge in [0.2, 0.25) is 0 Å². The summed E-state index contributed by atoms with van der Waals surface area (Å²) in [6.07, 6.45) is 1.04. The van der Waals surface area contributed by atoms with Gasteiger partial charge in [-0.1, -0.05) is 36.4 Å². The van der Waals surface area contributed by atoms with E-state index in [4.69, 9.17) is 9.47 Å². The Kier molecular flexibility index (Phi) is 5.29. The minimum absolute atomic E-state index is 0.279. The summed E-state index contributed by atoms with van der Waals surface area (Å²) >= 11 is 0. The standard InChI is InChI=1S/C13H16O3/c1-3-9-15-11(2)13(14)16-10-12-7-5-4-6-8-12/h3-8,11H,1,9-10H2,2H3/t11-/m0/s1. The van der Waals surface area contributed by atoms with Gasteiger partial charge >= 0.3 is 5.97 Å². The maximum Gasteiger partial charge on any atom is 0.335 e. The molecule has 0 fully saturated rings. The largest absolute Gasteiger partial charge is 0.459 e. The zero-order valence-electron chi connectivity index (χ0n) is 9.39. The lowest BCUT2D eigenvalue weighted by Gasteiger charge is -2.11. The van der Waals surface area contributed by atoms with Crippen molar-refractivity contribution in [1.82, 2.24) is 0 Å². The number of esters is 1. The molecule has 0 radical (unpaired) electrons. The van der Waals surface area contributed by atoms with Crippen LogP contribution in [0.2, 0.25) is 0 Å². The normalized spacial score (nSPS) is 11.8. The highest BCUT2D eigenvalue weighted by molar-refractivity contribution is 5.74. The predicted molar refractivity (Wildman–Crippen MR) is 61.8 cm³/mol. The van der Waals surface area contributed by atoms with E-state index in [-0.39, 0.29) is 12.6 Å². The molecule has 0 unspecified atom stereocenters. The Morgan fingerprint density at radius 2 is 2.12 bits per heavy atom. The molecule has 3 nitrogen and oxygen atoms in total. The van der Waals surface area contributed by atoms with Gasteiger partial charge in [-0.3, -0.25) is 0 Å². The van der Waals surface area contributed by atoms with E-state index in [9.17, 15) is 4.79 Å². The molecule has 0 bridgehead atoms. The molecule has 0 heterocycles. The van der Waals surface area contributed by atoms with E-state index in [1.807, 2.05) is 30.3 Å². The highest BCUT2D eigenvalue weighted by atomic mass is 16.6. The average molecular weight is 220 g/mol. The molecule has 0 aliphatic carbocycles. The smallest absolute Gasteiger partial charge is 0.335 e. The summed E-state index contributed by atoms with van der Waals surface area (Å²) in [5.41, 5.74) is 0.965. The molecular formula is C13H16O3. The van der Waals surface area contributed by atoms with E-state index < -0.39 is 6.10 Å². The van der Waals surface area contributed by atoms with Gasteiger partial charge in [-0.25, -0.2) is 4.79 Å². The molecule has 1 atom stereocenters. The van der Waals surface area contributed by atoms with Crippen LogP contribution in [0.15, 0.2) is 43.0 Å². The van der Waals surface area contributed by atoms with Crippen molar-refractivity contribution in [2.45, 2.75) is 19.6 Å². The first kappa shape index (κ1) is 12.5. The fourth-order valence-corrected chi connectivity index (χ4v) is 1.13. The molecule has 0 aromatic heterocycles. The Morgan fingerprint density at radius 1 is 1.44 bits per heavy atom. The molecular weight excluding hydrogens is 204 g/mol. The molecule has 1 rings (SSSR count). The summed E-state index contributed by atoms with van der Waals surface area (Å²) in [6.45, 7) is 5.80. The molecule has 0 aliphatic heterocycles. The van der Waals surface area contributed by atoms with Gasteiger partial charge in [0.1, 0.15) is 6.61 Å². The Hall–Kier alpha value is -1.61. The second-order valence-electron chi connectivity index (χ2n) is 3.36. The van der Waals surface area contributed by atoms with Gasteiger partial charge in [-0.15, -0.1) is 6.58 Å². The van der Waals surface area contributed by atoms with Gasteiger partial charge in [-0.2, -0.15) is 0 Å². The predicted octanol–water partition coefficient (Wildman–Crippen LogP) is 2.32. The number of hydrogen-bond acceptors (Lipinski definition) is 3. The Bertz CT molecular complexity index is 332. The first-order valence-electron chi connectivity index (χ1n) is 5.17. The van der Waals surface area contributed by atoms with Crippen molar-refractivity contribution in [2.24, 2.45) is 0 Å². The van der Waals surface area contributed by atoms with Crippen LogP contribution in [0, 0.1) is 0 Å². The maximum atomic E-state index is 11.4. The van der Waals surface area contributed by atoms with Crippen molar-refractivity contribution >= 4 is 5.97 Å². The van der Waals surface area contributed by atoms with Crippen LogP contribution in [0.3, 0.4) is 0 Å². The summed E-state index contributed by atoms with van der Waals surface area (Å²) in [6, 6.07) is 9.54. The third-order valence-corrected chi connectivity index (χ3v) is 2.02. The lowest BCUT2D eigenvalue weighted by atomic mass is 10.2. The topological polar surface area (TPSA) is 35.5 Å². The number of ether oxygens (including phenoxy) is 2. The zero-order valence-corrected chi connectivity index (χ0v) is 9.39. The summed E-state index contributed by atoms with van der Waals surface area (Å²) in [5.74, 6) is -0.356. The monoisotopic (exact) mass is 220 g/mol. The van der Waals surface area contributed by atoms with E-state index in [1.165, 1.54) is 0 Å². The summed E-state index contributed by atoms with van der Waals surface area (Å²) in [4.78, 5) is 11.4. The van der Waals surface area contributed by atoms with Gasteiger partial charge in [0.25, 0.3) is 0 Å². The highest BCUT2D eigenvalue weighted by Crippen LogP contribution is 2.03. The van der Waals surface area contributed by atoms with Crippen molar-refractivity contribution in [2.75, 3.05) is 6.61 Å². The summed E-state index contributed by atoms with van der Waals surface area (Å²) < 4.78 is 10.2. The minimum atomic E-state index is -0.554. The van der Waals surface area contributed by atoms with Crippen molar-refractivity contribution < 1.29 is 14.3 Å². The second-order valence-corrected chi connectivity index (χ2v) is 3.36. The van der Waals surface area contributed by atoms with Crippen molar-refractivity contribution in [3.8, 4) is 0 Å². The summed E-state index contributed by atoms with van der Waals surface area (Å²) in [5, 5.41) is 0. The third-order valence-electron chi connectivity index (χ3n) is 2.02. The molecule has 0 aliphatic rings. The van der Waals surface area contributed by atoms with Crippen molar-refractivity contribution in [3.63, 3.8) is 0 Å². The Labute approximate surface area is 95.7 Å². The fraction of sp³-hybridized carbons (Fsp3) is 0.308. The summed E-state index contributed by atoms with van der Waals surface area (Å²) in [7, 11) is 0. The van der Waals surface area contributed by atoms with E-state index in [1.54, 1.807) is 13.0 Å². The van der Waals surface area contributed by atoms with Crippen molar-refractivity contribution in [3.05, 3.63) is 48.6 Å². The molecule has 16 heavy (non-hydrogen) atoms. The van der Waals surface area contributed by atoms with Crippen LogP contribution in [0.25, 0.3) is 0 Å². The first-order valence-corrected chi connectivity index (χ1v) is 5.17. The Balaban J connectivity index is 2.32. The lowest BCUT2D eigenvalue weighted by molar-refractivity contribution is -0.156. The molecule has 0 saturated carbocycles. The van der Waals surface area contributed by atoms with Gasteiger partial charge < -0.3 is 9.47 Å². The van der Waals surface area contributed by atoms with Crippen LogP contribution in [-0.2, 0) is 20.9 Å². The van der Waals surface area contributed by atoms with Gasteiger partial charge in [-0.05, 0) is 12.5 Å². The SMILES string of the molecule is C=CCO[C@@H](C)C(=O)OCc1ccccc1. The van der Waals surface area contributed by atoms with Gasteiger partial charge in [0.05, 0.1) is 6.61 Å². The lowest BCUT2D eigenvalue weighted by Crippen LogP contribution is -2.23. The van der Waals surface area contributed by atoms with E-state index in [2.05, 4.69) is 6.58 Å². The molecule has 1 aromatic rings. The zero-order chi connectivity index (χ0) is 11.8. The highest BCUT2D eigenvalue weighted by Gasteiger charge is 2.13. The van der Waals surface area contributed by atoms with Crippen LogP contribution in [0.1, 0.15) is 12.5 Å². The number of carbonyl (C=O) groups excluding carboxylic acids is 1. The number of rotatable bonds is 6. The molecule has 0 N–H and O–H groups in total. The molecule has 1 aromatic carbocycles. The van der Waals surface area contributed by atoms with E-state index >= 15 is 0 Å². The molecule has 0 spiro atoms. The fourth-order valence-electron chi connectivity index (χ4n) is 1.13. The number of carbonyl (C=O) groups is 1. The van der Waals surface area contributed by atoms with Crippen LogP contribution < -0.4 is 0 Å². The molecule has 0 amide bonds. The third kappa shape index (κ3) is 4.28. The van der Waals surface area contributed by atoms with Crippen molar-refractivity contribution in [1.29, 1.82) is 0 Å².